The van der Waals surface area contributed by atoms with Crippen molar-refractivity contribution in [1.29, 1.82) is 0 Å². The molecule has 1 unspecified atom stereocenters. The summed E-state index contributed by atoms with van der Waals surface area (Å²) in [5.74, 6) is -4.89. The minimum atomic E-state index is -4.78. The number of aliphatic hydroxyl groups is 1. The molecule has 1 aliphatic heterocycles. The van der Waals surface area contributed by atoms with E-state index in [2.05, 4.69) is 5.32 Å². The Labute approximate surface area is 224 Å². The first-order valence-electron chi connectivity index (χ1n) is 11.8. The third-order valence-electron chi connectivity index (χ3n) is 6.41. The quantitative estimate of drug-likeness (QED) is 0.256. The van der Waals surface area contributed by atoms with E-state index in [9.17, 15) is 36.4 Å². The largest absolute Gasteiger partial charge is 0.416 e. The Bertz CT molecular complexity index is 1510. The van der Waals surface area contributed by atoms with Gasteiger partial charge in [-0.1, -0.05) is 12.1 Å². The van der Waals surface area contributed by atoms with Crippen molar-refractivity contribution in [1.82, 2.24) is 5.32 Å². The van der Waals surface area contributed by atoms with Crippen LogP contribution in [0.15, 0.2) is 48.5 Å². The molecule has 14 heteroatoms. The Morgan fingerprint density at radius 3 is 2.30 bits per heavy atom. The summed E-state index contributed by atoms with van der Waals surface area (Å²) in [7, 11) is -3.23. The molecule has 1 heterocycles. The average Bonchev–Trinajstić information content (AvgIpc) is 3.20. The molecule has 1 fully saturated rings. The lowest BCUT2D eigenvalue weighted by molar-refractivity contribution is -0.137. The lowest BCUT2D eigenvalue weighted by Crippen LogP contribution is -2.46. The highest BCUT2D eigenvalue weighted by Crippen LogP contribution is 2.42. The van der Waals surface area contributed by atoms with Crippen molar-refractivity contribution in [3.05, 3.63) is 77.4 Å². The van der Waals surface area contributed by atoms with Crippen molar-refractivity contribution >= 4 is 29.9 Å². The SMILES string of the molecule is CP(C)(=O)c1c(F)cccc1-c1ccc(N2CC[C@@H](NC(=O)Nc3ccc(C(F)(F)F)cc3F)C2O)c(F)c1F. The lowest BCUT2D eigenvalue weighted by Gasteiger charge is -2.27. The molecule has 2 amide bonds. The fourth-order valence-corrected chi connectivity index (χ4v) is 5.92. The number of anilines is 2. The van der Waals surface area contributed by atoms with Gasteiger partial charge in [-0.3, -0.25) is 0 Å². The van der Waals surface area contributed by atoms with E-state index in [0.717, 1.165) is 29.2 Å². The van der Waals surface area contributed by atoms with Gasteiger partial charge in [0.05, 0.1) is 28.3 Å². The molecule has 0 aromatic heterocycles. The van der Waals surface area contributed by atoms with E-state index in [1.807, 2.05) is 5.32 Å². The van der Waals surface area contributed by atoms with Crippen LogP contribution in [0.25, 0.3) is 11.1 Å². The summed E-state index contributed by atoms with van der Waals surface area (Å²) in [4.78, 5) is 13.4. The number of carbonyl (C=O) groups is 1. The molecule has 0 bridgehead atoms. The monoisotopic (exact) mass is 589 g/mol. The molecule has 40 heavy (non-hydrogen) atoms. The molecule has 0 spiro atoms. The van der Waals surface area contributed by atoms with Crippen LogP contribution in [0, 0.1) is 23.3 Å². The van der Waals surface area contributed by atoms with Crippen LogP contribution in [0.1, 0.15) is 12.0 Å². The molecule has 3 N–H and O–H groups in total. The number of aliphatic hydroxyl groups excluding tert-OH is 1. The van der Waals surface area contributed by atoms with Crippen molar-refractivity contribution in [2.45, 2.75) is 24.9 Å². The van der Waals surface area contributed by atoms with Crippen molar-refractivity contribution in [3.63, 3.8) is 0 Å². The van der Waals surface area contributed by atoms with Crippen LogP contribution >= 0.6 is 7.14 Å². The number of amides is 2. The number of rotatable bonds is 5. The van der Waals surface area contributed by atoms with E-state index >= 15 is 8.78 Å². The summed E-state index contributed by atoms with van der Waals surface area (Å²) in [5.41, 5.74) is -2.56. The summed E-state index contributed by atoms with van der Waals surface area (Å²) >= 11 is 0. The molecule has 0 saturated carbocycles. The van der Waals surface area contributed by atoms with Gasteiger partial charge in [-0.2, -0.15) is 13.2 Å². The number of carbonyl (C=O) groups excluding carboxylic acids is 1. The number of hydrogen-bond donors (Lipinski definition) is 3. The van der Waals surface area contributed by atoms with E-state index in [-0.39, 0.29) is 41.2 Å². The highest BCUT2D eigenvalue weighted by molar-refractivity contribution is 7.70. The normalized spacial score (nSPS) is 17.7. The molecule has 6 nitrogen and oxygen atoms in total. The van der Waals surface area contributed by atoms with Crippen LogP contribution < -0.4 is 20.8 Å². The second-order valence-electron chi connectivity index (χ2n) is 9.54. The Balaban J connectivity index is 1.51. The third kappa shape index (κ3) is 5.80. The Hall–Kier alpha value is -3.57. The maximum absolute atomic E-state index is 15.2. The van der Waals surface area contributed by atoms with Gasteiger partial charge < -0.3 is 25.2 Å². The number of halogens is 7. The zero-order valence-electron chi connectivity index (χ0n) is 21.0. The van der Waals surface area contributed by atoms with Crippen molar-refractivity contribution in [2.24, 2.45) is 0 Å². The van der Waals surface area contributed by atoms with Gasteiger partial charge in [-0.15, -0.1) is 0 Å². The summed E-state index contributed by atoms with van der Waals surface area (Å²) in [6.45, 7) is 2.56. The van der Waals surface area contributed by atoms with Gasteiger partial charge in [0.1, 0.15) is 25.0 Å². The van der Waals surface area contributed by atoms with Gasteiger partial charge >= 0.3 is 12.2 Å². The standard InChI is InChI=1S/C26H23F7N3O3P/c1-40(2,39)23-15(4-3-5-16(23)27)14-7-9-20(22(30)21(14)29)36-11-10-19(24(36)37)35-25(38)34-18-8-6-13(12-17(18)28)26(31,32)33/h3-9,12,19,24,37H,10-11H2,1-2H3,(H2,34,35,38)/t19-,24?/m1/s1. The number of nitrogens with zero attached hydrogens (tertiary/aromatic N) is 1. The summed E-state index contributed by atoms with van der Waals surface area (Å²) in [5, 5.41) is 14.8. The topological polar surface area (TPSA) is 81.7 Å². The molecule has 0 radical (unpaired) electrons. The maximum Gasteiger partial charge on any atom is 0.416 e. The van der Waals surface area contributed by atoms with Crippen LogP contribution in [0.5, 0.6) is 0 Å². The second-order valence-corrected chi connectivity index (χ2v) is 12.7. The zero-order chi connectivity index (χ0) is 29.6. The average molecular weight is 589 g/mol. The van der Waals surface area contributed by atoms with Crippen LogP contribution in [-0.4, -0.2) is 43.3 Å². The van der Waals surface area contributed by atoms with E-state index in [1.54, 1.807) is 0 Å². The summed E-state index contributed by atoms with van der Waals surface area (Å²) < 4.78 is 110. The zero-order valence-corrected chi connectivity index (χ0v) is 21.9. The predicted octanol–water partition coefficient (Wildman–Crippen LogP) is 5.90. The van der Waals surface area contributed by atoms with Gasteiger partial charge in [0, 0.05) is 12.1 Å². The van der Waals surface area contributed by atoms with E-state index < -0.39 is 66.1 Å². The Morgan fingerprint density at radius 1 is 0.975 bits per heavy atom. The summed E-state index contributed by atoms with van der Waals surface area (Å²) in [6.07, 6.45) is -6.28. The van der Waals surface area contributed by atoms with Crippen LogP contribution in [0.2, 0.25) is 0 Å². The van der Waals surface area contributed by atoms with Crippen LogP contribution in [0.4, 0.5) is 46.9 Å². The molecular formula is C26H23F7N3O3P. The first-order chi connectivity index (χ1) is 18.6. The van der Waals surface area contributed by atoms with Gasteiger partial charge in [0.2, 0.25) is 0 Å². The Kier molecular flexibility index (Phi) is 7.92. The summed E-state index contributed by atoms with van der Waals surface area (Å²) in [6, 6.07) is 5.42. The van der Waals surface area contributed by atoms with Gasteiger partial charge in [0.15, 0.2) is 11.6 Å². The fraction of sp³-hybridized carbons (Fsp3) is 0.269. The second kappa shape index (κ2) is 10.8. The first-order valence-corrected chi connectivity index (χ1v) is 14.4. The first kappa shape index (κ1) is 29.4. The van der Waals surface area contributed by atoms with Crippen molar-refractivity contribution in [2.75, 3.05) is 30.1 Å². The number of urea groups is 1. The van der Waals surface area contributed by atoms with Gasteiger partial charge in [-0.25, -0.2) is 22.4 Å². The molecule has 1 aliphatic rings. The minimum absolute atomic E-state index is 0.0409. The van der Waals surface area contributed by atoms with Crippen LogP contribution in [-0.2, 0) is 10.7 Å². The van der Waals surface area contributed by atoms with Gasteiger partial charge in [0.25, 0.3) is 0 Å². The molecular weight excluding hydrogens is 566 g/mol. The Morgan fingerprint density at radius 2 is 1.68 bits per heavy atom. The number of alkyl halides is 3. The van der Waals surface area contributed by atoms with Crippen molar-refractivity contribution < 1.29 is 45.2 Å². The van der Waals surface area contributed by atoms with Gasteiger partial charge in [-0.05, 0) is 61.7 Å². The predicted molar refractivity (Wildman–Crippen MR) is 136 cm³/mol. The third-order valence-corrected chi connectivity index (χ3v) is 7.94. The smallest absolute Gasteiger partial charge is 0.371 e. The number of nitrogens with one attached hydrogen (secondary N) is 2. The highest BCUT2D eigenvalue weighted by Gasteiger charge is 2.37. The molecule has 3 aromatic rings. The molecule has 3 aromatic carbocycles. The number of hydrogen-bond acceptors (Lipinski definition) is 4. The van der Waals surface area contributed by atoms with E-state index in [0.29, 0.717) is 6.07 Å². The van der Waals surface area contributed by atoms with Crippen molar-refractivity contribution in [3.8, 4) is 11.1 Å². The molecule has 0 aliphatic carbocycles. The van der Waals surface area contributed by atoms with E-state index in [4.69, 9.17) is 0 Å². The molecule has 214 valence electrons. The highest BCUT2D eigenvalue weighted by atomic mass is 31.2. The lowest BCUT2D eigenvalue weighted by atomic mass is 10.0. The van der Waals surface area contributed by atoms with Crippen LogP contribution in [0.3, 0.4) is 0 Å². The molecule has 2 atom stereocenters. The fourth-order valence-electron chi connectivity index (χ4n) is 4.56. The number of benzene rings is 3. The maximum atomic E-state index is 15.2. The minimum Gasteiger partial charge on any atom is -0.371 e. The molecule has 4 rings (SSSR count). The van der Waals surface area contributed by atoms with E-state index in [1.165, 1.54) is 25.5 Å². The molecule has 1 saturated heterocycles.